The fourth-order valence-corrected chi connectivity index (χ4v) is 7.01. The summed E-state index contributed by atoms with van der Waals surface area (Å²) in [7, 11) is 0. The van der Waals surface area contributed by atoms with Crippen LogP contribution in [0.1, 0.15) is 85.5 Å². The van der Waals surface area contributed by atoms with Crippen molar-refractivity contribution in [1.82, 2.24) is 0 Å². The molecule has 0 aromatic rings. The lowest BCUT2D eigenvalue weighted by molar-refractivity contribution is 0.0828. The van der Waals surface area contributed by atoms with E-state index < -0.39 is 5.60 Å². The van der Waals surface area contributed by atoms with E-state index in [0.717, 1.165) is 30.4 Å². The Hall–Kier alpha value is -1.42. The molecule has 3 aliphatic rings. The van der Waals surface area contributed by atoms with Crippen molar-refractivity contribution in [2.24, 2.45) is 29.1 Å². The maximum Gasteiger partial charge on any atom is 0.0825 e. The number of allylic oxidation sites excluding steroid dienone is 6. The molecule has 0 saturated heterocycles. The highest BCUT2D eigenvalue weighted by Gasteiger charge is 2.50. The summed E-state index contributed by atoms with van der Waals surface area (Å²) in [5.74, 6) is 1.77. The van der Waals surface area contributed by atoms with E-state index in [4.69, 9.17) is 0 Å². The second-order valence-electron chi connectivity index (χ2n) is 11.4. The lowest BCUT2D eigenvalue weighted by Gasteiger charge is -2.44. The van der Waals surface area contributed by atoms with Gasteiger partial charge in [0.1, 0.15) is 0 Å². The third-order valence-corrected chi connectivity index (χ3v) is 9.47. The normalized spacial score (nSPS) is 36.1. The molecule has 6 atom stereocenters. The Morgan fingerprint density at radius 1 is 1.18 bits per heavy atom. The molecule has 0 radical (unpaired) electrons. The highest BCUT2D eigenvalue weighted by atomic mass is 16.3. The van der Waals surface area contributed by atoms with E-state index in [1.807, 2.05) is 26.0 Å². The molecule has 0 aromatic carbocycles. The minimum Gasteiger partial charge on any atom is -0.396 e. The summed E-state index contributed by atoms with van der Waals surface area (Å²) in [6.07, 6.45) is 21.5. The van der Waals surface area contributed by atoms with Crippen LogP contribution in [0.25, 0.3) is 0 Å². The van der Waals surface area contributed by atoms with Crippen molar-refractivity contribution >= 4 is 0 Å². The highest BCUT2D eigenvalue weighted by molar-refractivity contribution is 5.38. The van der Waals surface area contributed by atoms with E-state index >= 15 is 0 Å². The first kappa shape index (κ1) is 27.2. The quantitative estimate of drug-likeness (QED) is 0.348. The molecule has 34 heavy (non-hydrogen) atoms. The Bertz CT molecular complexity index is 828. The smallest absolute Gasteiger partial charge is 0.0825 e. The summed E-state index contributed by atoms with van der Waals surface area (Å²) in [5, 5.41) is 30.4. The molecule has 3 saturated carbocycles. The zero-order valence-corrected chi connectivity index (χ0v) is 22.0. The summed E-state index contributed by atoms with van der Waals surface area (Å²) in [6.45, 7) is 13.2. The van der Waals surface area contributed by atoms with Crippen molar-refractivity contribution in [2.45, 2.75) is 97.2 Å². The Balaban J connectivity index is 1.72. The fourth-order valence-electron chi connectivity index (χ4n) is 7.01. The van der Waals surface area contributed by atoms with Crippen LogP contribution >= 0.6 is 0 Å². The first-order chi connectivity index (χ1) is 16.2. The van der Waals surface area contributed by atoms with Crippen LogP contribution < -0.4 is 0 Å². The van der Waals surface area contributed by atoms with E-state index in [2.05, 4.69) is 44.7 Å². The van der Waals surface area contributed by atoms with Crippen molar-refractivity contribution in [1.29, 1.82) is 0 Å². The van der Waals surface area contributed by atoms with Gasteiger partial charge >= 0.3 is 0 Å². The Morgan fingerprint density at radius 2 is 1.91 bits per heavy atom. The van der Waals surface area contributed by atoms with Gasteiger partial charge in [-0.25, -0.2) is 0 Å². The van der Waals surface area contributed by atoms with Gasteiger partial charge in [-0.2, -0.15) is 0 Å². The van der Waals surface area contributed by atoms with Gasteiger partial charge in [0.15, 0.2) is 0 Å². The lowest BCUT2D eigenvalue weighted by atomic mass is 9.61. The molecule has 190 valence electrons. The molecule has 1 unspecified atom stereocenters. The minimum absolute atomic E-state index is 0.0202. The number of hydrogen-bond donors (Lipinski definition) is 3. The summed E-state index contributed by atoms with van der Waals surface area (Å²) >= 11 is 0. The molecule has 0 aromatic heterocycles. The number of hydrogen-bond acceptors (Lipinski definition) is 3. The zero-order valence-electron chi connectivity index (χ0n) is 22.0. The van der Waals surface area contributed by atoms with Crippen LogP contribution in [0.2, 0.25) is 0 Å². The average Bonchev–Trinajstić information content (AvgIpc) is 3.19. The van der Waals surface area contributed by atoms with Crippen LogP contribution in [0.3, 0.4) is 0 Å². The minimum atomic E-state index is -0.688. The summed E-state index contributed by atoms with van der Waals surface area (Å²) in [5.41, 5.74) is 3.29. The van der Waals surface area contributed by atoms with Gasteiger partial charge in [-0.1, -0.05) is 76.3 Å². The Morgan fingerprint density at radius 3 is 2.59 bits per heavy atom. The number of aliphatic hydroxyl groups is 3. The molecule has 0 bridgehead atoms. The SMILES string of the molecule is C=C1C(=CC=C2CCC[C@]3(C)[C@@H]([C@H](C)C=CC=CC(O)(CC)CC)CC[C@@H]23)CC(O)C[C@H]1CO. The molecule has 3 heteroatoms. The zero-order chi connectivity index (χ0) is 24.9. The summed E-state index contributed by atoms with van der Waals surface area (Å²) in [6, 6.07) is 0. The van der Waals surface area contributed by atoms with Crippen molar-refractivity contribution in [2.75, 3.05) is 6.61 Å². The van der Waals surface area contributed by atoms with Crippen LogP contribution in [0.4, 0.5) is 0 Å². The molecular formula is C31H48O3. The van der Waals surface area contributed by atoms with Gasteiger partial charge in [0.25, 0.3) is 0 Å². The van der Waals surface area contributed by atoms with E-state index in [9.17, 15) is 15.3 Å². The van der Waals surface area contributed by atoms with Gasteiger partial charge in [-0.15, -0.1) is 0 Å². The van der Waals surface area contributed by atoms with E-state index in [1.165, 1.54) is 25.7 Å². The summed E-state index contributed by atoms with van der Waals surface area (Å²) < 4.78 is 0. The molecule has 0 spiro atoms. The predicted octanol–water partition coefficient (Wildman–Crippen LogP) is 6.67. The largest absolute Gasteiger partial charge is 0.396 e. The highest BCUT2D eigenvalue weighted by Crippen LogP contribution is 2.59. The van der Waals surface area contributed by atoms with Gasteiger partial charge in [-0.05, 0) is 92.1 Å². The second kappa shape index (κ2) is 11.5. The van der Waals surface area contributed by atoms with Crippen molar-refractivity contribution in [3.63, 3.8) is 0 Å². The molecule has 3 aliphatic carbocycles. The van der Waals surface area contributed by atoms with E-state index in [1.54, 1.807) is 5.57 Å². The van der Waals surface area contributed by atoms with E-state index in [0.29, 0.717) is 36.0 Å². The fraction of sp³-hybridized carbons (Fsp3) is 0.677. The topological polar surface area (TPSA) is 60.7 Å². The average molecular weight is 469 g/mol. The number of rotatable bonds is 8. The maximum absolute atomic E-state index is 10.5. The molecule has 3 nitrogen and oxygen atoms in total. The van der Waals surface area contributed by atoms with Crippen LogP contribution in [0.15, 0.2) is 59.8 Å². The standard InChI is InChI=1S/C31H48O3/c1-6-31(34,7-2)18-9-8-11-22(3)28-15-16-29-24(12-10-17-30(28,29)5)13-14-25-19-27(33)20-26(21-32)23(25)4/h8-9,11,13-14,18,22,26-29,32-34H,4,6-7,10,12,15-17,19-21H2,1-3,5H3/t22-,26+,27?,28-,29+,30-/m1/s1. The van der Waals surface area contributed by atoms with Gasteiger partial charge in [0, 0.05) is 5.92 Å². The Labute approximate surface area is 208 Å². The third kappa shape index (κ3) is 5.86. The van der Waals surface area contributed by atoms with Crippen LogP contribution in [0.5, 0.6) is 0 Å². The molecule has 3 fully saturated rings. The van der Waals surface area contributed by atoms with Crippen molar-refractivity contribution in [3.8, 4) is 0 Å². The third-order valence-electron chi connectivity index (χ3n) is 9.47. The monoisotopic (exact) mass is 468 g/mol. The molecule has 0 heterocycles. The summed E-state index contributed by atoms with van der Waals surface area (Å²) in [4.78, 5) is 0. The number of aliphatic hydroxyl groups excluding tert-OH is 2. The Kier molecular flexibility index (Phi) is 9.23. The molecule has 3 rings (SSSR count). The molecule has 0 amide bonds. The van der Waals surface area contributed by atoms with Crippen LogP contribution in [-0.4, -0.2) is 33.6 Å². The second-order valence-corrected chi connectivity index (χ2v) is 11.4. The van der Waals surface area contributed by atoms with Crippen molar-refractivity contribution in [3.05, 3.63) is 59.8 Å². The van der Waals surface area contributed by atoms with Gasteiger partial charge in [0.2, 0.25) is 0 Å². The molecule has 0 aliphatic heterocycles. The molecular weight excluding hydrogens is 420 g/mol. The predicted molar refractivity (Wildman–Crippen MR) is 142 cm³/mol. The number of fused-ring (bicyclic) bond motifs is 1. The van der Waals surface area contributed by atoms with Gasteiger partial charge < -0.3 is 15.3 Å². The first-order valence-corrected chi connectivity index (χ1v) is 13.6. The lowest BCUT2D eigenvalue weighted by Crippen LogP contribution is -2.35. The van der Waals surface area contributed by atoms with Crippen LogP contribution in [0, 0.1) is 29.1 Å². The first-order valence-electron chi connectivity index (χ1n) is 13.6. The van der Waals surface area contributed by atoms with E-state index in [-0.39, 0.29) is 18.6 Å². The van der Waals surface area contributed by atoms with Crippen LogP contribution in [-0.2, 0) is 0 Å². The maximum atomic E-state index is 10.5. The van der Waals surface area contributed by atoms with Crippen molar-refractivity contribution < 1.29 is 15.3 Å². The van der Waals surface area contributed by atoms with Gasteiger partial charge in [0.05, 0.1) is 18.3 Å². The van der Waals surface area contributed by atoms with Gasteiger partial charge in [-0.3, -0.25) is 0 Å². The molecule has 3 N–H and O–H groups in total.